The zero-order chi connectivity index (χ0) is 24.4. The van der Waals surface area contributed by atoms with Gasteiger partial charge in [-0.25, -0.2) is 9.18 Å². The lowest BCUT2D eigenvalue weighted by molar-refractivity contribution is 0.0595. The van der Waals surface area contributed by atoms with Crippen molar-refractivity contribution >= 4 is 12.0 Å². The first kappa shape index (κ1) is 23.3. The van der Waals surface area contributed by atoms with Gasteiger partial charge in [0.1, 0.15) is 17.7 Å². The molecule has 0 spiro atoms. The van der Waals surface area contributed by atoms with Crippen molar-refractivity contribution in [1.29, 1.82) is 0 Å². The highest BCUT2D eigenvalue weighted by atomic mass is 19.1. The van der Waals surface area contributed by atoms with Gasteiger partial charge in [-0.1, -0.05) is 54.6 Å². The quantitative estimate of drug-likeness (QED) is 0.418. The summed E-state index contributed by atoms with van der Waals surface area (Å²) in [5, 5.41) is 3.67. The lowest BCUT2D eigenvalue weighted by Gasteiger charge is -2.33. The van der Waals surface area contributed by atoms with Gasteiger partial charge < -0.3 is 14.8 Å². The molecule has 1 aliphatic heterocycles. The van der Waals surface area contributed by atoms with E-state index in [0.717, 1.165) is 29.7 Å². The molecule has 2 aliphatic rings. The summed E-state index contributed by atoms with van der Waals surface area (Å²) in [5.74, 6) is -0.449. The number of esters is 1. The summed E-state index contributed by atoms with van der Waals surface area (Å²) >= 11 is 0. The van der Waals surface area contributed by atoms with E-state index in [0.29, 0.717) is 13.0 Å². The number of methoxy groups -OCH3 is 1. The fourth-order valence-corrected chi connectivity index (χ4v) is 5.25. The fourth-order valence-electron chi connectivity index (χ4n) is 5.25. The van der Waals surface area contributed by atoms with Crippen LogP contribution in [-0.4, -0.2) is 25.7 Å². The van der Waals surface area contributed by atoms with Gasteiger partial charge in [-0.05, 0) is 66.6 Å². The van der Waals surface area contributed by atoms with Crippen LogP contribution < -0.4 is 10.1 Å². The molecule has 0 saturated carbocycles. The summed E-state index contributed by atoms with van der Waals surface area (Å²) in [7, 11) is 1.25. The second-order valence-corrected chi connectivity index (χ2v) is 9.29. The molecule has 0 amide bonds. The van der Waals surface area contributed by atoms with Crippen LogP contribution in [0.5, 0.6) is 5.75 Å². The number of ether oxygens (including phenoxy) is 2. The summed E-state index contributed by atoms with van der Waals surface area (Å²) < 4.78 is 25.8. The lowest BCUT2D eigenvalue weighted by Crippen LogP contribution is -2.37. The highest BCUT2D eigenvalue weighted by Crippen LogP contribution is 2.40. The Kier molecular flexibility index (Phi) is 6.69. The SMILES string of the molecule is COC(=O)c1ccc([C@@H]2C[C@H](CN[C@H](C)c3cccc4c3C=CCC4)Oc3ccccc32)cc1F.[HH]. The fraction of sp³-hybridized carbons (Fsp3) is 0.300. The number of nitrogens with one attached hydrogen (secondary N) is 1. The van der Waals surface area contributed by atoms with Gasteiger partial charge >= 0.3 is 5.97 Å². The van der Waals surface area contributed by atoms with Gasteiger partial charge in [0.15, 0.2) is 0 Å². The van der Waals surface area contributed by atoms with E-state index in [1.807, 2.05) is 30.3 Å². The van der Waals surface area contributed by atoms with Crippen molar-refractivity contribution in [1.82, 2.24) is 5.32 Å². The van der Waals surface area contributed by atoms with Crippen molar-refractivity contribution < 1.29 is 20.1 Å². The highest BCUT2D eigenvalue weighted by molar-refractivity contribution is 5.89. The van der Waals surface area contributed by atoms with Crippen molar-refractivity contribution in [3.8, 4) is 5.75 Å². The second kappa shape index (κ2) is 10.0. The molecule has 0 radical (unpaired) electrons. The number of para-hydroxylation sites is 1. The topological polar surface area (TPSA) is 47.6 Å². The highest BCUT2D eigenvalue weighted by Gasteiger charge is 2.30. The number of halogens is 1. The largest absolute Gasteiger partial charge is 0.489 e. The maximum absolute atomic E-state index is 14.7. The molecule has 3 aromatic rings. The van der Waals surface area contributed by atoms with Crippen LogP contribution in [0.1, 0.15) is 71.3 Å². The van der Waals surface area contributed by atoms with Crippen molar-refractivity contribution in [2.75, 3.05) is 13.7 Å². The number of rotatable bonds is 6. The molecule has 5 heteroatoms. The molecule has 1 aliphatic carbocycles. The number of allylic oxidation sites excluding steroid dienone is 1. The Labute approximate surface area is 207 Å². The standard InChI is InChI=1S/C30H30FNO3.H2/c1-19(23-12-7-9-20-8-3-4-10-24(20)23)32-18-22-17-27(25-11-5-6-13-29(25)35-22)21-14-15-26(28(31)16-21)30(33)34-2;/h4-7,9-16,19,22,27,32H,3,8,17-18H2,1-2H3;1H/t19-,22-,27+;/m1./s1. The average molecular weight is 474 g/mol. The summed E-state index contributed by atoms with van der Waals surface area (Å²) in [5.41, 5.74) is 5.83. The van der Waals surface area contributed by atoms with Crippen LogP contribution in [0.15, 0.2) is 66.7 Å². The van der Waals surface area contributed by atoms with Gasteiger partial charge in [-0.2, -0.15) is 0 Å². The Bertz CT molecular complexity index is 1270. The third kappa shape index (κ3) is 4.73. The van der Waals surface area contributed by atoms with Crippen molar-refractivity contribution in [2.45, 2.75) is 44.2 Å². The first-order chi connectivity index (χ1) is 17.0. The van der Waals surface area contributed by atoms with Gasteiger partial charge in [0.2, 0.25) is 0 Å². The molecule has 5 rings (SSSR count). The van der Waals surface area contributed by atoms with E-state index in [-0.39, 0.29) is 25.1 Å². The molecule has 0 aromatic heterocycles. The number of benzene rings is 3. The summed E-state index contributed by atoms with van der Waals surface area (Å²) in [4.78, 5) is 11.8. The molecule has 3 aromatic carbocycles. The Morgan fingerprint density at radius 3 is 2.89 bits per heavy atom. The minimum absolute atomic E-state index is 0. The number of carbonyl (C=O) groups is 1. The van der Waals surface area contributed by atoms with Gasteiger partial charge in [-0.3, -0.25) is 0 Å². The van der Waals surface area contributed by atoms with Crippen LogP contribution in [0.4, 0.5) is 4.39 Å². The average Bonchev–Trinajstić information content (AvgIpc) is 2.90. The maximum atomic E-state index is 14.7. The molecule has 35 heavy (non-hydrogen) atoms. The zero-order valence-electron chi connectivity index (χ0n) is 20.1. The van der Waals surface area contributed by atoms with Crippen LogP contribution in [-0.2, 0) is 11.2 Å². The number of hydrogen-bond acceptors (Lipinski definition) is 4. The summed E-state index contributed by atoms with van der Waals surface area (Å²) in [6.45, 7) is 2.86. The van der Waals surface area contributed by atoms with E-state index in [1.54, 1.807) is 0 Å². The van der Waals surface area contributed by atoms with Crippen molar-refractivity contribution in [3.63, 3.8) is 0 Å². The van der Waals surface area contributed by atoms with E-state index < -0.39 is 11.8 Å². The molecule has 3 atom stereocenters. The third-order valence-corrected chi connectivity index (χ3v) is 7.10. The van der Waals surface area contributed by atoms with E-state index in [4.69, 9.17) is 4.74 Å². The van der Waals surface area contributed by atoms with Crippen molar-refractivity contribution in [2.24, 2.45) is 0 Å². The molecule has 182 valence electrons. The zero-order valence-corrected chi connectivity index (χ0v) is 20.1. The molecule has 4 nitrogen and oxygen atoms in total. The van der Waals surface area contributed by atoms with Gasteiger partial charge in [0.25, 0.3) is 0 Å². The van der Waals surface area contributed by atoms with Gasteiger partial charge in [0.05, 0.1) is 12.7 Å². The predicted octanol–water partition coefficient (Wildman–Crippen LogP) is 6.45. The van der Waals surface area contributed by atoms with Crippen LogP contribution in [0.2, 0.25) is 0 Å². The Hall–Kier alpha value is -3.44. The number of fused-ring (bicyclic) bond motifs is 2. The van der Waals surface area contributed by atoms with Crippen LogP contribution in [0.3, 0.4) is 0 Å². The molecule has 1 N–H and O–H groups in total. The molecule has 0 unspecified atom stereocenters. The van der Waals surface area contributed by atoms with Crippen LogP contribution in [0.25, 0.3) is 6.08 Å². The Morgan fingerprint density at radius 2 is 2.06 bits per heavy atom. The normalized spacial score (nSPS) is 19.3. The predicted molar refractivity (Wildman–Crippen MR) is 137 cm³/mol. The maximum Gasteiger partial charge on any atom is 0.340 e. The number of hydrogen-bond donors (Lipinski definition) is 1. The second-order valence-electron chi connectivity index (χ2n) is 9.29. The number of aryl methyl sites for hydroxylation is 1. The van der Waals surface area contributed by atoms with Gasteiger partial charge in [-0.15, -0.1) is 0 Å². The molecular weight excluding hydrogens is 441 g/mol. The minimum Gasteiger partial charge on any atom is -0.489 e. The van der Waals surface area contributed by atoms with Crippen LogP contribution in [0, 0.1) is 5.82 Å². The minimum atomic E-state index is -0.671. The van der Waals surface area contributed by atoms with Crippen LogP contribution >= 0.6 is 0 Å². The molecule has 1 heterocycles. The lowest BCUT2D eigenvalue weighted by atomic mass is 9.83. The van der Waals surface area contributed by atoms with E-state index in [1.165, 1.54) is 35.9 Å². The first-order valence-electron chi connectivity index (χ1n) is 12.2. The molecule has 0 bridgehead atoms. The van der Waals surface area contributed by atoms with E-state index >= 15 is 0 Å². The van der Waals surface area contributed by atoms with E-state index in [2.05, 4.69) is 47.3 Å². The first-order valence-corrected chi connectivity index (χ1v) is 12.2. The third-order valence-electron chi connectivity index (χ3n) is 7.10. The summed E-state index contributed by atoms with van der Waals surface area (Å²) in [6.07, 6.45) is 7.30. The number of carbonyl (C=O) groups excluding carboxylic acids is 1. The smallest absolute Gasteiger partial charge is 0.340 e. The molecular formula is C30H32FNO3. The molecule has 0 fully saturated rings. The Morgan fingerprint density at radius 1 is 1.20 bits per heavy atom. The van der Waals surface area contributed by atoms with E-state index in [9.17, 15) is 9.18 Å². The Balaban J connectivity index is 0.00000304. The molecule has 0 saturated heterocycles. The van der Waals surface area contributed by atoms with Crippen molar-refractivity contribution in [3.05, 3.63) is 106 Å². The summed E-state index contributed by atoms with van der Waals surface area (Å²) in [6, 6.07) is 19.4. The van der Waals surface area contributed by atoms with Gasteiger partial charge in [0, 0.05) is 25.5 Å². The monoisotopic (exact) mass is 473 g/mol.